The minimum Gasteiger partial charge on any atom is -0.384 e. The number of fused-ring (bicyclic) bond motifs is 2. The van der Waals surface area contributed by atoms with Crippen LogP contribution in [0.2, 0.25) is 0 Å². The molecule has 1 N–H and O–H groups in total. The first-order valence-electron chi connectivity index (χ1n) is 13.4. The van der Waals surface area contributed by atoms with Gasteiger partial charge in [0.1, 0.15) is 10.6 Å². The number of hydrogen-bond donors (Lipinski definition) is 1. The molecule has 1 aromatic heterocycles. The van der Waals surface area contributed by atoms with Crippen LogP contribution in [0.25, 0.3) is 21.7 Å². The summed E-state index contributed by atoms with van der Waals surface area (Å²) in [6.07, 6.45) is 4.64. The van der Waals surface area contributed by atoms with Gasteiger partial charge in [-0.2, -0.15) is 0 Å². The van der Waals surface area contributed by atoms with Gasteiger partial charge in [-0.1, -0.05) is 82.7 Å². The van der Waals surface area contributed by atoms with Crippen molar-refractivity contribution in [1.82, 2.24) is 9.88 Å². The molecular weight excluding hydrogens is 564 g/mol. The first-order chi connectivity index (χ1) is 18.9. The lowest BCUT2D eigenvalue weighted by molar-refractivity contribution is 0.00682. The number of halogens is 1. The van der Waals surface area contributed by atoms with Crippen LogP contribution < -0.4 is 0 Å². The summed E-state index contributed by atoms with van der Waals surface area (Å²) >= 11 is 5.28. The third-order valence-electron chi connectivity index (χ3n) is 7.55. The molecule has 5 rings (SSSR count). The van der Waals surface area contributed by atoms with E-state index in [0.717, 1.165) is 61.9 Å². The number of hydrogen-bond acceptors (Lipinski definition) is 4. The van der Waals surface area contributed by atoms with Gasteiger partial charge in [0.15, 0.2) is 0 Å². The third-order valence-corrected chi connectivity index (χ3v) is 8.75. The fourth-order valence-electron chi connectivity index (χ4n) is 5.61. The van der Waals surface area contributed by atoms with E-state index in [1.165, 1.54) is 5.39 Å². The maximum Gasteiger partial charge on any atom is 0.101 e. The summed E-state index contributed by atoms with van der Waals surface area (Å²) in [5.74, 6) is -0.294. The van der Waals surface area contributed by atoms with Crippen molar-refractivity contribution < 1.29 is 5.11 Å². The summed E-state index contributed by atoms with van der Waals surface area (Å²) in [5, 5.41) is 17.4. The lowest BCUT2D eigenvalue weighted by atomic mass is 9.71. The molecule has 5 heteroatoms. The topological polar surface area (TPSA) is 36.4 Å². The summed E-state index contributed by atoms with van der Waals surface area (Å²) in [5.41, 5.74) is 2.92. The molecule has 3 nitrogen and oxygen atoms in total. The van der Waals surface area contributed by atoms with Gasteiger partial charge in [-0.15, -0.1) is 11.8 Å². The molecule has 0 radical (unpaired) electrons. The van der Waals surface area contributed by atoms with E-state index in [0.29, 0.717) is 6.42 Å². The molecule has 0 saturated carbocycles. The van der Waals surface area contributed by atoms with E-state index in [1.54, 1.807) is 11.8 Å². The normalized spacial score (nSPS) is 14.1. The second-order valence-corrected chi connectivity index (χ2v) is 12.2. The highest BCUT2D eigenvalue weighted by Crippen LogP contribution is 2.48. The Balaban J connectivity index is 1.74. The van der Waals surface area contributed by atoms with Crippen molar-refractivity contribution in [3.63, 3.8) is 0 Å². The van der Waals surface area contributed by atoms with Gasteiger partial charge in [-0.05, 0) is 104 Å². The van der Waals surface area contributed by atoms with Crippen molar-refractivity contribution >= 4 is 49.4 Å². The zero-order valence-electron chi connectivity index (χ0n) is 22.8. The summed E-state index contributed by atoms with van der Waals surface area (Å²) in [6.45, 7) is 0.991. The Morgan fingerprint density at radius 2 is 1.59 bits per heavy atom. The minimum atomic E-state index is -1.14. The molecule has 0 fully saturated rings. The van der Waals surface area contributed by atoms with Gasteiger partial charge in [-0.3, -0.25) is 0 Å². The monoisotopic (exact) mass is 598 g/mol. The third kappa shape index (κ3) is 6.07. The molecule has 0 aliphatic carbocycles. The summed E-state index contributed by atoms with van der Waals surface area (Å²) in [6, 6.07) is 33.7. The fourth-order valence-corrected chi connectivity index (χ4v) is 6.59. The Labute approximate surface area is 244 Å². The summed E-state index contributed by atoms with van der Waals surface area (Å²) in [4.78, 5) is 7.29. The van der Waals surface area contributed by atoms with Crippen LogP contribution in [0.3, 0.4) is 0 Å². The van der Waals surface area contributed by atoms with Gasteiger partial charge in [0.25, 0.3) is 0 Å². The van der Waals surface area contributed by atoms with E-state index >= 15 is 0 Å². The molecule has 1 heterocycles. The Bertz CT molecular complexity index is 1570. The van der Waals surface area contributed by atoms with E-state index in [1.807, 2.05) is 12.1 Å². The number of pyridine rings is 1. The number of benzene rings is 4. The van der Waals surface area contributed by atoms with E-state index in [9.17, 15) is 5.11 Å². The van der Waals surface area contributed by atoms with E-state index in [4.69, 9.17) is 4.98 Å². The molecule has 0 aliphatic heterocycles. The molecule has 2 unspecified atom stereocenters. The lowest BCUT2D eigenvalue weighted by Gasteiger charge is -2.39. The van der Waals surface area contributed by atoms with Crippen molar-refractivity contribution in [1.29, 1.82) is 0 Å². The first-order valence-corrected chi connectivity index (χ1v) is 15.5. The Morgan fingerprint density at radius 1 is 0.846 bits per heavy atom. The molecule has 0 bridgehead atoms. The molecule has 39 heavy (non-hydrogen) atoms. The number of aromatic nitrogens is 1. The average Bonchev–Trinajstić information content (AvgIpc) is 2.95. The van der Waals surface area contributed by atoms with Gasteiger partial charge in [0.05, 0.1) is 5.52 Å². The van der Waals surface area contributed by atoms with Gasteiger partial charge in [-0.25, -0.2) is 4.98 Å². The van der Waals surface area contributed by atoms with Gasteiger partial charge < -0.3 is 10.0 Å². The molecular formula is C34H35BrN2OS. The molecule has 0 spiro atoms. The van der Waals surface area contributed by atoms with Crippen LogP contribution in [0.15, 0.2) is 107 Å². The van der Waals surface area contributed by atoms with Crippen molar-refractivity contribution in [2.45, 2.75) is 35.8 Å². The number of aliphatic hydroxyl groups is 1. The Hall–Kier alpha value is -2.70. The molecule has 0 aliphatic rings. The SMILES string of the molecule is CSc1nc2ccc(Br)cc2cc1C(c1ccccc1)C(O)(CCCCN(C)C)c1ccc2ccccc2c1. The van der Waals surface area contributed by atoms with E-state index in [-0.39, 0.29) is 5.92 Å². The van der Waals surface area contributed by atoms with Crippen LogP contribution in [0.1, 0.15) is 41.9 Å². The van der Waals surface area contributed by atoms with Crippen molar-refractivity contribution in [2.24, 2.45) is 0 Å². The highest BCUT2D eigenvalue weighted by Gasteiger charge is 2.41. The summed E-state index contributed by atoms with van der Waals surface area (Å²) < 4.78 is 1.02. The molecule has 0 saturated heterocycles. The predicted octanol–water partition coefficient (Wildman–Crippen LogP) is 8.62. The highest BCUT2D eigenvalue weighted by molar-refractivity contribution is 9.10. The smallest absolute Gasteiger partial charge is 0.101 e. The Morgan fingerprint density at radius 3 is 2.33 bits per heavy atom. The van der Waals surface area contributed by atoms with Gasteiger partial charge in [0.2, 0.25) is 0 Å². The lowest BCUT2D eigenvalue weighted by Crippen LogP contribution is -2.35. The standard InChI is InChI=1S/C34H35BrN2OS/c1-37(2)20-10-9-19-34(38,28-16-15-24-11-7-8-14-26(24)21-28)32(25-12-5-4-6-13-25)30-23-27-22-29(35)17-18-31(27)36-33(30)39-3/h4-8,11-18,21-23,32,38H,9-10,19-20H2,1-3H3. The zero-order valence-corrected chi connectivity index (χ0v) is 25.2. The minimum absolute atomic E-state index is 0.294. The number of rotatable bonds is 10. The molecule has 0 amide bonds. The molecule has 5 aromatic rings. The number of unbranched alkanes of at least 4 members (excludes halogenated alkanes) is 1. The second-order valence-electron chi connectivity index (χ2n) is 10.5. The highest BCUT2D eigenvalue weighted by atomic mass is 79.9. The molecule has 4 aromatic carbocycles. The predicted molar refractivity (Wildman–Crippen MR) is 170 cm³/mol. The second kappa shape index (κ2) is 12.2. The maximum absolute atomic E-state index is 13.1. The number of nitrogens with zero attached hydrogens (tertiary/aromatic N) is 2. The average molecular weight is 600 g/mol. The van der Waals surface area contributed by atoms with Crippen LogP contribution in [0.5, 0.6) is 0 Å². The van der Waals surface area contributed by atoms with Crippen LogP contribution in [-0.4, -0.2) is 41.9 Å². The fraction of sp³-hybridized carbons (Fsp3) is 0.265. The van der Waals surface area contributed by atoms with Gasteiger partial charge >= 0.3 is 0 Å². The molecule has 200 valence electrons. The van der Waals surface area contributed by atoms with E-state index in [2.05, 4.69) is 126 Å². The van der Waals surface area contributed by atoms with E-state index < -0.39 is 5.60 Å². The van der Waals surface area contributed by atoms with Crippen LogP contribution in [0, 0.1) is 0 Å². The quantitative estimate of drug-likeness (QED) is 0.129. The van der Waals surface area contributed by atoms with Crippen LogP contribution >= 0.6 is 27.7 Å². The zero-order chi connectivity index (χ0) is 27.4. The Kier molecular flexibility index (Phi) is 8.73. The van der Waals surface area contributed by atoms with Crippen molar-refractivity contribution in [2.75, 3.05) is 26.9 Å². The first kappa shape index (κ1) is 27.9. The largest absolute Gasteiger partial charge is 0.384 e. The number of thioether (sulfide) groups is 1. The van der Waals surface area contributed by atoms with Crippen molar-refractivity contribution in [3.05, 3.63) is 118 Å². The van der Waals surface area contributed by atoms with Gasteiger partial charge in [0, 0.05) is 15.8 Å². The van der Waals surface area contributed by atoms with Crippen LogP contribution in [-0.2, 0) is 5.60 Å². The molecule has 2 atom stereocenters. The maximum atomic E-state index is 13.1. The van der Waals surface area contributed by atoms with Crippen LogP contribution in [0.4, 0.5) is 0 Å². The van der Waals surface area contributed by atoms with Crippen molar-refractivity contribution in [3.8, 4) is 0 Å². The summed E-state index contributed by atoms with van der Waals surface area (Å²) in [7, 11) is 4.21.